The van der Waals surface area contributed by atoms with Gasteiger partial charge in [0.2, 0.25) is 5.91 Å². The van der Waals surface area contributed by atoms with Crippen LogP contribution in [0.2, 0.25) is 0 Å². The van der Waals surface area contributed by atoms with Gasteiger partial charge in [-0.25, -0.2) is 9.59 Å². The normalized spacial score (nSPS) is 17.3. The molecule has 2 N–H and O–H groups in total. The second-order valence-corrected chi connectivity index (χ2v) is 5.34. The highest BCUT2D eigenvalue weighted by Crippen LogP contribution is 2.05. The van der Waals surface area contributed by atoms with Crippen molar-refractivity contribution in [3.63, 3.8) is 0 Å². The molecule has 0 aromatic carbocycles. The monoisotopic (exact) mass is 289 g/mol. The summed E-state index contributed by atoms with van der Waals surface area (Å²) in [5.74, 6) is -0.543. The number of amides is 3. The molecule has 1 aliphatic heterocycles. The van der Waals surface area contributed by atoms with Crippen LogP contribution in [0.5, 0.6) is 0 Å². The summed E-state index contributed by atoms with van der Waals surface area (Å²) in [4.78, 5) is 37.3. The molecule has 0 bridgehead atoms. The molecule has 1 atom stereocenters. The number of carbonyl (C=O) groups excluding carboxylic acids is 2. The molecule has 0 aromatic heterocycles. The number of nitrogens with zero attached hydrogens (tertiary/aromatic N) is 2. The average molecular weight is 289 g/mol. The first-order valence-electron chi connectivity index (χ1n) is 5.97. The van der Waals surface area contributed by atoms with E-state index in [2.05, 4.69) is 5.32 Å². The van der Waals surface area contributed by atoms with Crippen molar-refractivity contribution in [2.75, 3.05) is 38.7 Å². The quantitative estimate of drug-likeness (QED) is 0.724. The van der Waals surface area contributed by atoms with Crippen molar-refractivity contribution in [2.24, 2.45) is 0 Å². The predicted molar refractivity (Wildman–Crippen MR) is 72.2 cm³/mol. The number of thioether (sulfide) groups is 1. The summed E-state index contributed by atoms with van der Waals surface area (Å²) in [6.07, 6.45) is 2.24. The van der Waals surface area contributed by atoms with Gasteiger partial charge in [0.15, 0.2) is 0 Å². The Hall–Kier alpha value is -1.44. The number of carboxylic acid groups (broad SMARTS) is 1. The molecular weight excluding hydrogens is 270 g/mol. The molecule has 0 aliphatic carbocycles. The number of likely N-dealkylation sites (N-methyl/N-ethyl adjacent to an activating group) is 1. The number of piperazine rings is 1. The molecule has 1 fully saturated rings. The van der Waals surface area contributed by atoms with Crippen molar-refractivity contribution in [1.82, 2.24) is 15.1 Å². The summed E-state index contributed by atoms with van der Waals surface area (Å²) >= 11 is 1.52. The van der Waals surface area contributed by atoms with Crippen molar-refractivity contribution in [2.45, 2.75) is 12.5 Å². The summed E-state index contributed by atoms with van der Waals surface area (Å²) in [5.41, 5.74) is 0. The Bertz CT molecular complexity index is 364. The molecule has 108 valence electrons. The van der Waals surface area contributed by atoms with Crippen molar-refractivity contribution >= 4 is 29.7 Å². The second kappa shape index (κ2) is 7.22. The van der Waals surface area contributed by atoms with Gasteiger partial charge in [-0.05, 0) is 18.4 Å². The third-order valence-corrected chi connectivity index (χ3v) is 3.59. The smallest absolute Gasteiger partial charge is 0.326 e. The Morgan fingerprint density at radius 1 is 1.47 bits per heavy atom. The van der Waals surface area contributed by atoms with Crippen LogP contribution in [-0.2, 0) is 9.59 Å². The topological polar surface area (TPSA) is 90.0 Å². The molecule has 1 saturated heterocycles. The van der Waals surface area contributed by atoms with E-state index in [1.54, 1.807) is 11.9 Å². The lowest BCUT2D eigenvalue weighted by atomic mass is 10.2. The maximum Gasteiger partial charge on any atom is 0.326 e. The molecular formula is C11H19N3O4S. The maximum atomic E-state index is 11.9. The van der Waals surface area contributed by atoms with Crippen molar-refractivity contribution in [3.8, 4) is 0 Å². The Morgan fingerprint density at radius 3 is 2.68 bits per heavy atom. The van der Waals surface area contributed by atoms with Gasteiger partial charge in [0.05, 0.1) is 0 Å². The highest BCUT2D eigenvalue weighted by atomic mass is 32.2. The molecule has 0 radical (unpaired) electrons. The van der Waals surface area contributed by atoms with Crippen LogP contribution in [0.1, 0.15) is 6.42 Å². The maximum absolute atomic E-state index is 11.9. The minimum Gasteiger partial charge on any atom is -0.480 e. The van der Waals surface area contributed by atoms with E-state index in [0.29, 0.717) is 25.3 Å². The molecule has 0 aromatic rings. The SMILES string of the molecule is CSCC[C@@H](NC(=O)N1CCN(C)C(=O)C1)C(=O)O. The number of carboxylic acids is 1. The van der Waals surface area contributed by atoms with Gasteiger partial charge in [0.1, 0.15) is 12.6 Å². The van der Waals surface area contributed by atoms with Crippen LogP contribution in [0, 0.1) is 0 Å². The minimum absolute atomic E-state index is 0.00278. The van der Waals surface area contributed by atoms with Gasteiger partial charge in [-0.15, -0.1) is 0 Å². The van der Waals surface area contributed by atoms with Gasteiger partial charge in [-0.3, -0.25) is 4.79 Å². The third kappa shape index (κ3) is 4.62. The number of carbonyl (C=O) groups is 3. The van der Waals surface area contributed by atoms with Crippen LogP contribution >= 0.6 is 11.8 Å². The highest BCUT2D eigenvalue weighted by molar-refractivity contribution is 7.98. The van der Waals surface area contributed by atoms with Gasteiger partial charge < -0.3 is 20.2 Å². The van der Waals surface area contributed by atoms with Gasteiger partial charge in [-0.1, -0.05) is 0 Å². The zero-order valence-electron chi connectivity index (χ0n) is 11.1. The fourth-order valence-corrected chi connectivity index (χ4v) is 2.14. The standard InChI is InChI=1S/C11H19N3O4S/c1-13-4-5-14(7-9(13)15)11(18)12-8(10(16)17)3-6-19-2/h8H,3-7H2,1-2H3,(H,12,18)(H,16,17)/t8-/m1/s1. The summed E-state index contributed by atoms with van der Waals surface area (Å²) in [6.45, 7) is 0.884. The van der Waals surface area contributed by atoms with Gasteiger partial charge in [0.25, 0.3) is 0 Å². The van der Waals surface area contributed by atoms with E-state index in [9.17, 15) is 14.4 Å². The molecule has 0 saturated carbocycles. The Labute approximate surface area is 116 Å². The number of urea groups is 1. The number of hydrogen-bond donors (Lipinski definition) is 2. The predicted octanol–water partition coefficient (Wildman–Crippen LogP) is -0.324. The van der Waals surface area contributed by atoms with E-state index in [1.807, 2.05) is 6.26 Å². The first-order chi connectivity index (χ1) is 8.95. The Morgan fingerprint density at radius 2 is 2.16 bits per heavy atom. The van der Waals surface area contributed by atoms with Crippen LogP contribution in [0.25, 0.3) is 0 Å². The van der Waals surface area contributed by atoms with Crippen LogP contribution in [-0.4, -0.2) is 77.5 Å². The van der Waals surface area contributed by atoms with E-state index in [0.717, 1.165) is 0 Å². The fourth-order valence-electron chi connectivity index (χ4n) is 1.67. The number of nitrogens with one attached hydrogen (secondary N) is 1. The average Bonchev–Trinajstić information content (AvgIpc) is 2.37. The van der Waals surface area contributed by atoms with E-state index in [-0.39, 0.29) is 12.5 Å². The first-order valence-corrected chi connectivity index (χ1v) is 7.36. The molecule has 1 aliphatic rings. The summed E-state index contributed by atoms with van der Waals surface area (Å²) in [7, 11) is 1.68. The lowest BCUT2D eigenvalue weighted by Gasteiger charge is -2.32. The number of rotatable bonds is 5. The van der Waals surface area contributed by atoms with E-state index < -0.39 is 18.0 Å². The fraction of sp³-hybridized carbons (Fsp3) is 0.727. The largest absolute Gasteiger partial charge is 0.480 e. The molecule has 0 spiro atoms. The molecule has 0 unspecified atom stereocenters. The zero-order valence-corrected chi connectivity index (χ0v) is 11.9. The van der Waals surface area contributed by atoms with Crippen LogP contribution in [0.4, 0.5) is 4.79 Å². The minimum atomic E-state index is -1.05. The first kappa shape index (κ1) is 15.6. The van der Waals surface area contributed by atoms with E-state index >= 15 is 0 Å². The van der Waals surface area contributed by atoms with E-state index in [4.69, 9.17) is 5.11 Å². The second-order valence-electron chi connectivity index (χ2n) is 4.36. The molecule has 8 heteroatoms. The lowest BCUT2D eigenvalue weighted by molar-refractivity contribution is -0.139. The molecule has 19 heavy (non-hydrogen) atoms. The number of hydrogen-bond acceptors (Lipinski definition) is 4. The van der Waals surface area contributed by atoms with Gasteiger partial charge in [0, 0.05) is 20.1 Å². The number of aliphatic carboxylic acids is 1. The van der Waals surface area contributed by atoms with Crippen molar-refractivity contribution in [1.29, 1.82) is 0 Å². The zero-order chi connectivity index (χ0) is 14.4. The molecule has 7 nitrogen and oxygen atoms in total. The van der Waals surface area contributed by atoms with Crippen LogP contribution < -0.4 is 5.32 Å². The summed E-state index contributed by atoms with van der Waals surface area (Å²) in [6, 6.07) is -1.40. The lowest BCUT2D eigenvalue weighted by Crippen LogP contribution is -2.56. The Balaban J connectivity index is 2.52. The summed E-state index contributed by atoms with van der Waals surface area (Å²) in [5, 5.41) is 11.5. The van der Waals surface area contributed by atoms with Crippen LogP contribution in [0.3, 0.4) is 0 Å². The molecule has 1 heterocycles. The van der Waals surface area contributed by atoms with Gasteiger partial charge >= 0.3 is 12.0 Å². The van der Waals surface area contributed by atoms with Crippen LogP contribution in [0.15, 0.2) is 0 Å². The van der Waals surface area contributed by atoms with Crippen molar-refractivity contribution < 1.29 is 19.5 Å². The van der Waals surface area contributed by atoms with Crippen molar-refractivity contribution in [3.05, 3.63) is 0 Å². The Kier molecular flexibility index (Phi) is 5.94. The highest BCUT2D eigenvalue weighted by Gasteiger charge is 2.27. The molecule has 3 amide bonds. The molecule has 1 rings (SSSR count). The third-order valence-electron chi connectivity index (χ3n) is 2.95. The summed E-state index contributed by atoms with van der Waals surface area (Å²) < 4.78 is 0. The van der Waals surface area contributed by atoms with Gasteiger partial charge in [-0.2, -0.15) is 11.8 Å². The van der Waals surface area contributed by atoms with E-state index in [1.165, 1.54) is 16.7 Å².